The summed E-state index contributed by atoms with van der Waals surface area (Å²) in [5, 5.41) is 6.56. The number of nitrogens with one attached hydrogen (secondary N) is 2. The van der Waals surface area contributed by atoms with Crippen molar-refractivity contribution in [2.45, 2.75) is 24.9 Å². The lowest BCUT2D eigenvalue weighted by atomic mass is 10.1. The fourth-order valence-electron chi connectivity index (χ4n) is 2.95. The second-order valence-electron chi connectivity index (χ2n) is 7.41. The Morgan fingerprint density at radius 1 is 1.10 bits per heavy atom. The van der Waals surface area contributed by atoms with Gasteiger partial charge in [-0.25, -0.2) is 8.42 Å². The zero-order valence-corrected chi connectivity index (χ0v) is 22.0. The van der Waals surface area contributed by atoms with Crippen LogP contribution in [-0.2, 0) is 22.9 Å². The van der Waals surface area contributed by atoms with Gasteiger partial charge in [0, 0.05) is 38.5 Å². The number of aliphatic imine (C=N–C) groups is 1. The minimum absolute atomic E-state index is 0. The fourth-order valence-corrected chi connectivity index (χ4v) is 3.91. The van der Waals surface area contributed by atoms with E-state index in [-0.39, 0.29) is 24.0 Å². The molecule has 0 radical (unpaired) electrons. The van der Waals surface area contributed by atoms with Gasteiger partial charge in [0.2, 0.25) is 0 Å². The van der Waals surface area contributed by atoms with Gasteiger partial charge in [0.15, 0.2) is 15.8 Å². The molecule has 0 aromatic heterocycles. The molecule has 0 saturated heterocycles. The number of nitrogens with zero attached hydrogens (tertiary/aromatic N) is 2. The Morgan fingerprint density at radius 2 is 1.77 bits per heavy atom. The summed E-state index contributed by atoms with van der Waals surface area (Å²) in [4.78, 5) is 6.70. The summed E-state index contributed by atoms with van der Waals surface area (Å²) in [6.07, 6.45) is 1.22. The summed E-state index contributed by atoms with van der Waals surface area (Å²) >= 11 is 0. The van der Waals surface area contributed by atoms with Crippen LogP contribution in [0.25, 0.3) is 0 Å². The average Bonchev–Trinajstić information content (AvgIpc) is 2.68. The van der Waals surface area contributed by atoms with Crippen molar-refractivity contribution in [1.82, 2.24) is 15.5 Å². The van der Waals surface area contributed by atoms with Gasteiger partial charge in [0.05, 0.1) is 4.90 Å². The average molecular weight is 561 g/mol. The van der Waals surface area contributed by atoms with E-state index in [1.54, 1.807) is 20.0 Å². The van der Waals surface area contributed by atoms with Gasteiger partial charge in [0.25, 0.3) is 0 Å². The summed E-state index contributed by atoms with van der Waals surface area (Å²) < 4.78 is 29.4. The van der Waals surface area contributed by atoms with Crippen LogP contribution >= 0.6 is 24.0 Å². The molecule has 2 rings (SSSR count). The van der Waals surface area contributed by atoms with Crippen molar-refractivity contribution in [2.24, 2.45) is 4.99 Å². The molecule has 2 aromatic carbocycles. The number of likely N-dealkylation sites (N-methyl/N-ethyl adjacent to an activating group) is 1. The minimum Gasteiger partial charge on any atom is -0.492 e. The standard InChI is InChI=1S/C22H32N4O3S.HI/c1-17-14-18(10-11-21(17)30(5,27)28)15-24-22(23-2)25-16-19-8-6-7-9-20(19)29-13-12-26(3)4;/h6-11,14H,12-13,15-16H2,1-5H3,(H2,23,24,25);1H. The fraction of sp³-hybridized carbons (Fsp3) is 0.409. The predicted molar refractivity (Wildman–Crippen MR) is 137 cm³/mol. The van der Waals surface area contributed by atoms with Gasteiger partial charge in [-0.05, 0) is 44.3 Å². The Bertz CT molecular complexity index is 978. The summed E-state index contributed by atoms with van der Waals surface area (Å²) in [6, 6.07) is 13.3. The minimum atomic E-state index is -3.21. The van der Waals surface area contributed by atoms with Gasteiger partial charge >= 0.3 is 0 Å². The molecule has 0 aliphatic carbocycles. The number of guanidine groups is 1. The lowest BCUT2D eigenvalue weighted by Gasteiger charge is -2.16. The smallest absolute Gasteiger partial charge is 0.191 e. The zero-order chi connectivity index (χ0) is 22.1. The van der Waals surface area contributed by atoms with Gasteiger partial charge in [-0.15, -0.1) is 24.0 Å². The zero-order valence-electron chi connectivity index (χ0n) is 18.8. The molecule has 9 heteroatoms. The Labute approximate surface area is 203 Å². The number of benzene rings is 2. The number of para-hydroxylation sites is 1. The number of aryl methyl sites for hydroxylation is 1. The first-order chi connectivity index (χ1) is 14.2. The van der Waals surface area contributed by atoms with Crippen molar-refractivity contribution in [1.29, 1.82) is 0 Å². The molecular weight excluding hydrogens is 527 g/mol. The molecule has 0 saturated carbocycles. The lowest BCUT2D eigenvalue weighted by molar-refractivity contribution is 0.259. The molecule has 0 fully saturated rings. The van der Waals surface area contributed by atoms with E-state index in [4.69, 9.17) is 4.74 Å². The van der Waals surface area contributed by atoms with Gasteiger partial charge in [0.1, 0.15) is 12.4 Å². The largest absolute Gasteiger partial charge is 0.492 e. The van der Waals surface area contributed by atoms with Crippen molar-refractivity contribution in [3.8, 4) is 5.75 Å². The molecule has 2 N–H and O–H groups in total. The second kappa shape index (κ2) is 12.9. The molecule has 0 bridgehead atoms. The number of halogens is 1. The summed E-state index contributed by atoms with van der Waals surface area (Å²) in [6.45, 7) is 4.39. The van der Waals surface area contributed by atoms with Crippen LogP contribution in [0.15, 0.2) is 52.4 Å². The van der Waals surface area contributed by atoms with Crippen LogP contribution in [0.4, 0.5) is 0 Å². The third-order valence-corrected chi connectivity index (χ3v) is 5.79. The molecule has 0 atom stereocenters. The van der Waals surface area contributed by atoms with Gasteiger partial charge in [-0.3, -0.25) is 4.99 Å². The van der Waals surface area contributed by atoms with E-state index in [1.807, 2.05) is 50.5 Å². The molecule has 0 aliphatic heterocycles. The highest BCUT2D eigenvalue weighted by Gasteiger charge is 2.11. The molecule has 0 unspecified atom stereocenters. The number of sulfone groups is 1. The van der Waals surface area contributed by atoms with Crippen LogP contribution in [-0.4, -0.2) is 59.8 Å². The third kappa shape index (κ3) is 9.04. The van der Waals surface area contributed by atoms with Crippen molar-refractivity contribution in [3.63, 3.8) is 0 Å². The maximum absolute atomic E-state index is 11.8. The van der Waals surface area contributed by atoms with Gasteiger partial charge < -0.3 is 20.3 Å². The Kier molecular flexibility index (Phi) is 11.3. The van der Waals surface area contributed by atoms with E-state index in [2.05, 4.69) is 20.5 Å². The molecule has 172 valence electrons. The van der Waals surface area contributed by atoms with Crippen molar-refractivity contribution < 1.29 is 13.2 Å². The van der Waals surface area contributed by atoms with E-state index in [0.717, 1.165) is 29.0 Å². The normalized spacial score (nSPS) is 11.7. The van der Waals surface area contributed by atoms with E-state index in [9.17, 15) is 8.42 Å². The van der Waals surface area contributed by atoms with E-state index < -0.39 is 9.84 Å². The molecule has 2 aromatic rings. The number of hydrogen-bond acceptors (Lipinski definition) is 5. The number of ether oxygens (including phenoxy) is 1. The topological polar surface area (TPSA) is 83.0 Å². The number of rotatable bonds is 9. The highest BCUT2D eigenvalue weighted by Crippen LogP contribution is 2.18. The molecule has 31 heavy (non-hydrogen) atoms. The molecule has 0 aliphatic rings. The maximum atomic E-state index is 11.8. The molecule has 0 heterocycles. The van der Waals surface area contributed by atoms with Crippen LogP contribution in [0.2, 0.25) is 0 Å². The highest BCUT2D eigenvalue weighted by atomic mass is 127. The monoisotopic (exact) mass is 560 g/mol. The SMILES string of the molecule is CN=C(NCc1ccc(S(C)(=O)=O)c(C)c1)NCc1ccccc1OCCN(C)C.I. The van der Waals surface area contributed by atoms with Crippen molar-refractivity contribution in [2.75, 3.05) is 40.6 Å². The molecule has 7 nitrogen and oxygen atoms in total. The summed E-state index contributed by atoms with van der Waals surface area (Å²) in [5.41, 5.74) is 2.77. The van der Waals surface area contributed by atoms with Crippen LogP contribution in [0.5, 0.6) is 5.75 Å². The number of hydrogen-bond donors (Lipinski definition) is 2. The van der Waals surface area contributed by atoms with E-state index in [0.29, 0.717) is 30.6 Å². The highest BCUT2D eigenvalue weighted by molar-refractivity contribution is 14.0. The van der Waals surface area contributed by atoms with Crippen molar-refractivity contribution >= 4 is 39.8 Å². The first-order valence-corrected chi connectivity index (χ1v) is 11.7. The summed E-state index contributed by atoms with van der Waals surface area (Å²) in [7, 11) is 2.54. The van der Waals surface area contributed by atoms with Gasteiger partial charge in [-0.2, -0.15) is 0 Å². The van der Waals surface area contributed by atoms with Crippen LogP contribution in [0, 0.1) is 6.92 Å². The van der Waals surface area contributed by atoms with Gasteiger partial charge in [-0.1, -0.05) is 30.3 Å². The van der Waals surface area contributed by atoms with Crippen LogP contribution in [0.1, 0.15) is 16.7 Å². The molecule has 0 amide bonds. The first kappa shape index (κ1) is 27.2. The van der Waals surface area contributed by atoms with Crippen LogP contribution < -0.4 is 15.4 Å². The first-order valence-electron chi connectivity index (χ1n) is 9.80. The quantitative estimate of drug-likeness (QED) is 0.279. The predicted octanol–water partition coefficient (Wildman–Crippen LogP) is 2.82. The Balaban J connectivity index is 0.00000480. The maximum Gasteiger partial charge on any atom is 0.191 e. The van der Waals surface area contributed by atoms with E-state index >= 15 is 0 Å². The Morgan fingerprint density at radius 3 is 2.39 bits per heavy atom. The molecule has 0 spiro atoms. The van der Waals surface area contributed by atoms with Crippen LogP contribution in [0.3, 0.4) is 0 Å². The van der Waals surface area contributed by atoms with E-state index in [1.165, 1.54) is 6.26 Å². The Hall–Kier alpha value is -1.85. The van der Waals surface area contributed by atoms with Crippen molar-refractivity contribution in [3.05, 3.63) is 59.2 Å². The summed E-state index contributed by atoms with van der Waals surface area (Å²) in [5.74, 6) is 1.51. The second-order valence-corrected chi connectivity index (χ2v) is 9.39. The molecular formula is C22H33IN4O3S. The lowest BCUT2D eigenvalue weighted by Crippen LogP contribution is -2.36. The third-order valence-electron chi connectivity index (χ3n) is 4.54.